The minimum atomic E-state index is -0.432. The Hall–Kier alpha value is -3.39. The van der Waals surface area contributed by atoms with Crippen LogP contribution >= 0.6 is 0 Å². The van der Waals surface area contributed by atoms with Gasteiger partial charge >= 0.3 is 5.69 Å². The van der Waals surface area contributed by atoms with E-state index in [1.54, 1.807) is 22.8 Å². The lowest BCUT2D eigenvalue weighted by Gasteiger charge is -2.24. The number of aromatic amines is 1. The second kappa shape index (κ2) is 6.59. The van der Waals surface area contributed by atoms with Crippen molar-refractivity contribution >= 4 is 16.6 Å². The molecule has 5 rings (SSSR count). The van der Waals surface area contributed by atoms with Crippen LogP contribution in [-0.2, 0) is 11.4 Å². The summed E-state index contributed by atoms with van der Waals surface area (Å²) in [5.41, 5.74) is 5.90. The smallest absolute Gasteiger partial charge is 0.328 e. The second-order valence-corrected chi connectivity index (χ2v) is 7.19. The molecule has 0 bridgehead atoms. The minimum Gasteiger partial charge on any atom is -0.363 e. The maximum atomic E-state index is 13.5. The minimum absolute atomic E-state index is 0.0949. The molecule has 3 heterocycles. The van der Waals surface area contributed by atoms with Gasteiger partial charge < -0.3 is 4.90 Å². The summed E-state index contributed by atoms with van der Waals surface area (Å²) in [6.45, 7) is 3.45. The molecule has 1 aromatic heterocycles. The summed E-state index contributed by atoms with van der Waals surface area (Å²) >= 11 is 0. The highest BCUT2D eigenvalue weighted by molar-refractivity contribution is 6.00. The first kappa shape index (κ1) is 17.7. The lowest BCUT2D eigenvalue weighted by molar-refractivity contribution is 0.0538. The normalized spacial score (nSPS) is 18.1. The summed E-state index contributed by atoms with van der Waals surface area (Å²) in [5, 5.41) is 0.446. The fourth-order valence-electron chi connectivity index (χ4n) is 4.19. The molecule has 3 aromatic rings. The van der Waals surface area contributed by atoms with E-state index < -0.39 is 11.2 Å². The van der Waals surface area contributed by atoms with Gasteiger partial charge in [-0.3, -0.25) is 24.7 Å². The van der Waals surface area contributed by atoms with E-state index in [0.29, 0.717) is 30.5 Å². The van der Waals surface area contributed by atoms with Crippen LogP contribution in [0.4, 0.5) is 10.1 Å². The van der Waals surface area contributed by atoms with Gasteiger partial charge in [-0.15, -0.1) is 0 Å². The van der Waals surface area contributed by atoms with Crippen LogP contribution < -0.4 is 21.6 Å². The van der Waals surface area contributed by atoms with E-state index in [9.17, 15) is 14.0 Å². The SMILES string of the molecule is CCn1c(=O)[nH]c(=O)c2c(N3CC4=CNO[C@H]4C3)c(-c3ccc(F)cc3)ccc21. The standard InChI is InChI=1S/C21H19FN4O3/c1-2-26-16-8-7-15(12-3-5-14(22)6-4-12)19(18(16)20(27)24-21(26)28)25-10-13-9-23-29-17(13)11-25/h3-9,17,23H,2,10-11H2,1H3,(H,24,27,28)/t17-/m0/s1. The molecule has 0 radical (unpaired) electrons. The molecule has 2 aromatic carbocycles. The molecule has 2 aliphatic rings. The highest BCUT2D eigenvalue weighted by atomic mass is 19.1. The molecule has 1 saturated heterocycles. The van der Waals surface area contributed by atoms with Gasteiger partial charge in [0.25, 0.3) is 5.56 Å². The zero-order valence-electron chi connectivity index (χ0n) is 15.7. The van der Waals surface area contributed by atoms with Gasteiger partial charge in [0.15, 0.2) is 0 Å². The fourth-order valence-corrected chi connectivity index (χ4v) is 4.19. The summed E-state index contributed by atoms with van der Waals surface area (Å²) in [4.78, 5) is 35.2. The Morgan fingerprint density at radius 2 is 1.97 bits per heavy atom. The van der Waals surface area contributed by atoms with Crippen molar-refractivity contribution in [3.8, 4) is 11.1 Å². The predicted octanol–water partition coefficient (Wildman–Crippen LogP) is 2.12. The first-order chi connectivity index (χ1) is 14.1. The molecule has 29 heavy (non-hydrogen) atoms. The molecular weight excluding hydrogens is 375 g/mol. The first-order valence-electron chi connectivity index (χ1n) is 9.47. The van der Waals surface area contributed by atoms with Crippen molar-refractivity contribution in [2.75, 3.05) is 18.0 Å². The Balaban J connectivity index is 1.82. The van der Waals surface area contributed by atoms with Crippen molar-refractivity contribution in [3.63, 3.8) is 0 Å². The molecule has 0 spiro atoms. The number of benzene rings is 2. The van der Waals surface area contributed by atoms with Crippen LogP contribution in [0.1, 0.15) is 6.92 Å². The highest BCUT2D eigenvalue weighted by Crippen LogP contribution is 2.39. The van der Waals surface area contributed by atoms with Crippen molar-refractivity contribution in [3.05, 3.63) is 74.8 Å². The van der Waals surface area contributed by atoms with Crippen molar-refractivity contribution < 1.29 is 9.23 Å². The number of fused-ring (bicyclic) bond motifs is 2. The average molecular weight is 394 g/mol. The molecule has 1 atom stereocenters. The summed E-state index contributed by atoms with van der Waals surface area (Å²) in [5.74, 6) is -0.325. The molecule has 0 aliphatic carbocycles. The van der Waals surface area contributed by atoms with Crippen LogP contribution in [0.3, 0.4) is 0 Å². The zero-order chi connectivity index (χ0) is 20.1. The van der Waals surface area contributed by atoms with E-state index in [2.05, 4.69) is 15.4 Å². The number of hydrogen-bond donors (Lipinski definition) is 2. The summed E-state index contributed by atoms with van der Waals surface area (Å²) < 4.78 is 15.0. The van der Waals surface area contributed by atoms with Gasteiger partial charge in [-0.2, -0.15) is 0 Å². The molecule has 2 aliphatic heterocycles. The Labute approximate surface area is 165 Å². The van der Waals surface area contributed by atoms with Crippen LogP contribution in [0.5, 0.6) is 0 Å². The van der Waals surface area contributed by atoms with Gasteiger partial charge in [-0.1, -0.05) is 18.2 Å². The summed E-state index contributed by atoms with van der Waals surface area (Å²) in [6.07, 6.45) is 1.74. The number of H-pyrrole nitrogens is 1. The fraction of sp³-hybridized carbons (Fsp3) is 0.238. The van der Waals surface area contributed by atoms with E-state index in [1.165, 1.54) is 12.1 Å². The number of nitrogens with zero attached hydrogens (tertiary/aromatic N) is 2. The summed E-state index contributed by atoms with van der Waals surface area (Å²) in [6, 6.07) is 9.85. The highest BCUT2D eigenvalue weighted by Gasteiger charge is 2.34. The lowest BCUT2D eigenvalue weighted by Crippen LogP contribution is -2.32. The third kappa shape index (κ3) is 2.75. The molecule has 2 N–H and O–H groups in total. The van der Waals surface area contributed by atoms with E-state index in [1.807, 2.05) is 19.2 Å². The van der Waals surface area contributed by atoms with E-state index in [4.69, 9.17) is 4.84 Å². The maximum absolute atomic E-state index is 13.5. The number of hydrogen-bond acceptors (Lipinski definition) is 5. The zero-order valence-corrected chi connectivity index (χ0v) is 15.7. The lowest BCUT2D eigenvalue weighted by atomic mass is 9.99. The maximum Gasteiger partial charge on any atom is 0.328 e. The van der Waals surface area contributed by atoms with E-state index in [0.717, 1.165) is 22.4 Å². The van der Waals surface area contributed by atoms with Gasteiger partial charge in [-0.05, 0) is 30.7 Å². The summed E-state index contributed by atoms with van der Waals surface area (Å²) in [7, 11) is 0. The van der Waals surface area contributed by atoms with Gasteiger partial charge in [0.1, 0.15) is 11.9 Å². The first-order valence-corrected chi connectivity index (χ1v) is 9.47. The molecule has 148 valence electrons. The number of aromatic nitrogens is 2. The molecule has 1 fully saturated rings. The number of anilines is 1. The Morgan fingerprint density at radius 3 is 2.69 bits per heavy atom. The van der Waals surface area contributed by atoms with Crippen LogP contribution in [0.25, 0.3) is 22.0 Å². The quantitative estimate of drug-likeness (QED) is 0.712. The number of nitrogens with one attached hydrogen (secondary N) is 2. The van der Waals surface area contributed by atoms with Crippen molar-refractivity contribution in [1.29, 1.82) is 0 Å². The molecule has 0 unspecified atom stereocenters. The molecule has 7 nitrogen and oxygen atoms in total. The van der Waals surface area contributed by atoms with Gasteiger partial charge in [-0.25, -0.2) is 9.18 Å². The van der Waals surface area contributed by atoms with Crippen molar-refractivity contribution in [2.45, 2.75) is 19.6 Å². The van der Waals surface area contributed by atoms with Crippen molar-refractivity contribution in [2.24, 2.45) is 0 Å². The Morgan fingerprint density at radius 1 is 1.17 bits per heavy atom. The van der Waals surface area contributed by atoms with Crippen LogP contribution in [-0.4, -0.2) is 28.7 Å². The van der Waals surface area contributed by atoms with Gasteiger partial charge in [0.05, 0.1) is 23.1 Å². The van der Waals surface area contributed by atoms with Crippen LogP contribution in [0.15, 0.2) is 57.8 Å². The Bertz CT molecular complexity index is 1260. The van der Waals surface area contributed by atoms with E-state index in [-0.39, 0.29) is 11.9 Å². The van der Waals surface area contributed by atoms with Crippen LogP contribution in [0.2, 0.25) is 0 Å². The topological polar surface area (TPSA) is 79.4 Å². The second-order valence-electron chi connectivity index (χ2n) is 7.19. The largest absolute Gasteiger partial charge is 0.363 e. The molecule has 0 amide bonds. The Kier molecular flexibility index (Phi) is 4.02. The predicted molar refractivity (Wildman–Crippen MR) is 108 cm³/mol. The number of hydroxylamine groups is 1. The third-order valence-electron chi connectivity index (χ3n) is 5.55. The number of aryl methyl sites for hydroxylation is 1. The average Bonchev–Trinajstić information content (AvgIpc) is 3.30. The third-order valence-corrected chi connectivity index (χ3v) is 5.55. The molecule has 8 heteroatoms. The van der Waals surface area contributed by atoms with Gasteiger partial charge in [0, 0.05) is 30.4 Å². The van der Waals surface area contributed by atoms with Crippen molar-refractivity contribution in [1.82, 2.24) is 15.0 Å². The van der Waals surface area contributed by atoms with E-state index >= 15 is 0 Å². The number of rotatable bonds is 3. The number of halogens is 1. The van der Waals surface area contributed by atoms with Gasteiger partial charge in [0.2, 0.25) is 0 Å². The van der Waals surface area contributed by atoms with Crippen LogP contribution in [0, 0.1) is 5.82 Å². The molecular formula is C21H19FN4O3. The monoisotopic (exact) mass is 394 g/mol. The molecule has 0 saturated carbocycles.